The summed E-state index contributed by atoms with van der Waals surface area (Å²) in [7, 11) is 0. The molecular formula is C26H40N6. The smallest absolute Gasteiger partial charge is 0.124 e. The molecule has 0 amide bonds. The lowest BCUT2D eigenvalue weighted by atomic mass is 10.0. The minimum absolute atomic E-state index is 0.627. The van der Waals surface area contributed by atoms with Crippen LogP contribution in [-0.4, -0.2) is 72.0 Å². The van der Waals surface area contributed by atoms with Gasteiger partial charge in [-0.3, -0.25) is 0 Å². The number of piperidine rings is 4. The van der Waals surface area contributed by atoms with Crippen LogP contribution in [0.5, 0.6) is 0 Å². The Labute approximate surface area is 194 Å². The van der Waals surface area contributed by atoms with Crippen molar-refractivity contribution in [2.45, 2.75) is 77.0 Å². The summed E-state index contributed by atoms with van der Waals surface area (Å²) in [5.74, 6) is 2.10. The first-order valence-electron chi connectivity index (χ1n) is 13.1. The molecule has 0 atom stereocenters. The van der Waals surface area contributed by atoms with Crippen molar-refractivity contribution < 1.29 is 0 Å². The Morgan fingerprint density at radius 2 is 0.594 bits per heavy atom. The second-order valence-corrected chi connectivity index (χ2v) is 9.81. The van der Waals surface area contributed by atoms with Crippen LogP contribution in [0.3, 0.4) is 0 Å². The molecule has 4 rings (SSSR count). The van der Waals surface area contributed by atoms with Crippen molar-refractivity contribution >= 4 is 0 Å². The van der Waals surface area contributed by atoms with Gasteiger partial charge in [0.1, 0.15) is 34.9 Å². The summed E-state index contributed by atoms with van der Waals surface area (Å²) in [5, 5.41) is 21.0. The fourth-order valence-corrected chi connectivity index (χ4v) is 5.89. The molecule has 0 spiro atoms. The van der Waals surface area contributed by atoms with Gasteiger partial charge in [0.15, 0.2) is 0 Å². The summed E-state index contributed by atoms with van der Waals surface area (Å²) < 4.78 is 0. The van der Waals surface area contributed by atoms with Crippen molar-refractivity contribution in [3.05, 3.63) is 22.8 Å². The summed E-state index contributed by atoms with van der Waals surface area (Å²) in [6, 6.07) is 5.14. The summed E-state index contributed by atoms with van der Waals surface area (Å²) >= 11 is 0. The van der Waals surface area contributed by atoms with Crippen LogP contribution in [0.1, 0.15) is 77.0 Å². The highest BCUT2D eigenvalue weighted by molar-refractivity contribution is 5.54. The van der Waals surface area contributed by atoms with E-state index in [2.05, 4.69) is 31.7 Å². The fraction of sp³-hybridized carbons (Fsp3) is 0.769. The standard InChI is InChI=1S/C26H40N6/c27-21-23(25(29-13-5-1-6-14-29)30-15-7-2-8-16-30)24(22-28)26(31-17-9-3-10-18-31)32-19-11-4-12-20-32/h1-20H2. The third-order valence-electron chi connectivity index (χ3n) is 7.54. The van der Waals surface area contributed by atoms with Gasteiger partial charge in [-0.2, -0.15) is 10.5 Å². The average Bonchev–Trinajstić information content (AvgIpc) is 2.88. The Hall–Kier alpha value is -2.34. The van der Waals surface area contributed by atoms with Crippen LogP contribution in [0.4, 0.5) is 0 Å². The first-order chi connectivity index (χ1) is 15.8. The number of nitriles is 2. The van der Waals surface area contributed by atoms with Gasteiger partial charge < -0.3 is 19.6 Å². The third-order valence-corrected chi connectivity index (χ3v) is 7.54. The van der Waals surface area contributed by atoms with Gasteiger partial charge in [0.2, 0.25) is 0 Å². The second-order valence-electron chi connectivity index (χ2n) is 9.81. The highest BCUT2D eigenvalue weighted by Gasteiger charge is 2.31. The van der Waals surface area contributed by atoms with Crippen LogP contribution in [0.25, 0.3) is 0 Å². The molecule has 0 saturated carbocycles. The Morgan fingerprint density at radius 3 is 0.781 bits per heavy atom. The monoisotopic (exact) mass is 436 g/mol. The molecule has 0 unspecified atom stereocenters. The summed E-state index contributed by atoms with van der Waals surface area (Å²) in [4.78, 5) is 9.70. The van der Waals surface area contributed by atoms with E-state index in [1.54, 1.807) is 0 Å². The van der Waals surface area contributed by atoms with Crippen LogP contribution in [0.15, 0.2) is 22.8 Å². The number of rotatable bonds is 5. The lowest BCUT2D eigenvalue weighted by Gasteiger charge is -2.42. The predicted octanol–water partition coefficient (Wildman–Crippen LogP) is 4.40. The van der Waals surface area contributed by atoms with E-state index in [0.717, 1.165) is 64.0 Å². The quantitative estimate of drug-likeness (QED) is 0.470. The Balaban J connectivity index is 1.83. The Morgan fingerprint density at radius 1 is 0.375 bits per heavy atom. The molecule has 0 aliphatic carbocycles. The lowest BCUT2D eigenvalue weighted by molar-refractivity contribution is 0.159. The molecule has 174 valence electrons. The zero-order chi connectivity index (χ0) is 22.2. The normalized spacial score (nSPS) is 22.1. The van der Waals surface area contributed by atoms with Gasteiger partial charge in [0.05, 0.1) is 0 Å². The van der Waals surface area contributed by atoms with E-state index in [4.69, 9.17) is 0 Å². The molecule has 4 heterocycles. The number of nitrogens with zero attached hydrogens (tertiary/aromatic N) is 6. The molecule has 0 aromatic carbocycles. The topological polar surface area (TPSA) is 60.5 Å². The molecule has 0 N–H and O–H groups in total. The molecule has 0 aromatic heterocycles. The highest BCUT2D eigenvalue weighted by Crippen LogP contribution is 2.32. The van der Waals surface area contributed by atoms with Crippen molar-refractivity contribution in [1.82, 2.24) is 19.6 Å². The van der Waals surface area contributed by atoms with Gasteiger partial charge >= 0.3 is 0 Å². The number of likely N-dealkylation sites (tertiary alicyclic amines) is 4. The average molecular weight is 437 g/mol. The van der Waals surface area contributed by atoms with Gasteiger partial charge in [-0.15, -0.1) is 0 Å². The van der Waals surface area contributed by atoms with Crippen LogP contribution in [0.2, 0.25) is 0 Å². The van der Waals surface area contributed by atoms with E-state index >= 15 is 0 Å². The summed E-state index contributed by atoms with van der Waals surface area (Å²) in [6.45, 7) is 7.99. The molecule has 4 aliphatic rings. The maximum absolute atomic E-state index is 10.5. The van der Waals surface area contributed by atoms with Crippen molar-refractivity contribution in [2.24, 2.45) is 0 Å². The molecule has 0 radical (unpaired) electrons. The molecular weight excluding hydrogens is 396 g/mol. The first kappa shape index (κ1) is 22.8. The zero-order valence-electron chi connectivity index (χ0n) is 19.8. The molecule has 32 heavy (non-hydrogen) atoms. The van der Waals surface area contributed by atoms with Gasteiger partial charge in [-0.25, -0.2) is 0 Å². The molecule has 0 bridgehead atoms. The van der Waals surface area contributed by atoms with Crippen molar-refractivity contribution in [1.29, 1.82) is 10.5 Å². The lowest BCUT2D eigenvalue weighted by Crippen LogP contribution is -2.43. The number of hydrogen-bond acceptors (Lipinski definition) is 6. The molecule has 4 aliphatic heterocycles. The molecule has 4 fully saturated rings. The van der Waals surface area contributed by atoms with Crippen molar-refractivity contribution in [3.63, 3.8) is 0 Å². The number of hydrogen-bond donors (Lipinski definition) is 0. The van der Waals surface area contributed by atoms with E-state index < -0.39 is 0 Å². The minimum Gasteiger partial charge on any atom is -0.357 e. The molecule has 6 nitrogen and oxygen atoms in total. The van der Waals surface area contributed by atoms with E-state index in [1.165, 1.54) is 77.0 Å². The van der Waals surface area contributed by atoms with E-state index in [1.807, 2.05) is 0 Å². The Kier molecular flexibility index (Phi) is 8.21. The highest BCUT2D eigenvalue weighted by atomic mass is 15.3. The van der Waals surface area contributed by atoms with Crippen LogP contribution < -0.4 is 0 Å². The Bertz CT molecular complexity index is 655. The van der Waals surface area contributed by atoms with Gasteiger partial charge in [0, 0.05) is 52.4 Å². The molecule has 0 aromatic rings. The first-order valence-corrected chi connectivity index (χ1v) is 13.1. The zero-order valence-corrected chi connectivity index (χ0v) is 19.8. The second kappa shape index (κ2) is 11.5. The third kappa shape index (κ3) is 5.17. The molecule has 6 heteroatoms. The van der Waals surface area contributed by atoms with Gasteiger partial charge in [0.25, 0.3) is 0 Å². The fourth-order valence-electron chi connectivity index (χ4n) is 5.89. The van der Waals surface area contributed by atoms with Gasteiger partial charge in [-0.05, 0) is 77.0 Å². The molecule has 4 saturated heterocycles. The maximum atomic E-state index is 10.5. The largest absolute Gasteiger partial charge is 0.357 e. The predicted molar refractivity (Wildman–Crippen MR) is 127 cm³/mol. The van der Waals surface area contributed by atoms with E-state index in [-0.39, 0.29) is 0 Å². The van der Waals surface area contributed by atoms with E-state index in [0.29, 0.717) is 11.1 Å². The van der Waals surface area contributed by atoms with Crippen LogP contribution in [-0.2, 0) is 0 Å². The summed E-state index contributed by atoms with van der Waals surface area (Å²) in [6.07, 6.45) is 14.4. The van der Waals surface area contributed by atoms with Crippen LogP contribution in [0, 0.1) is 22.7 Å². The maximum Gasteiger partial charge on any atom is 0.124 e. The van der Waals surface area contributed by atoms with E-state index in [9.17, 15) is 10.5 Å². The summed E-state index contributed by atoms with van der Waals surface area (Å²) in [5.41, 5.74) is 1.25. The van der Waals surface area contributed by atoms with Gasteiger partial charge in [-0.1, -0.05) is 0 Å². The number of allylic oxidation sites excluding steroid dienone is 2. The van der Waals surface area contributed by atoms with Crippen molar-refractivity contribution in [3.8, 4) is 12.1 Å². The van der Waals surface area contributed by atoms with Crippen molar-refractivity contribution in [2.75, 3.05) is 52.4 Å². The SMILES string of the molecule is N#CC(C(C#N)=C(N1CCCCC1)N1CCCCC1)=C(N1CCCCC1)N1CCCCC1. The van der Waals surface area contributed by atoms with Crippen LogP contribution >= 0.6 is 0 Å². The minimum atomic E-state index is 0.627.